The molecule has 5 nitrogen and oxygen atoms in total. The summed E-state index contributed by atoms with van der Waals surface area (Å²) in [5.74, 6) is 0.486. The molecule has 0 saturated carbocycles. The van der Waals surface area contributed by atoms with E-state index in [0.717, 1.165) is 17.1 Å². The lowest BCUT2D eigenvalue weighted by atomic mass is 10.1. The number of hydrogen-bond donors (Lipinski definition) is 0. The minimum absolute atomic E-state index is 0.0362. The van der Waals surface area contributed by atoms with Crippen LogP contribution >= 0.6 is 0 Å². The van der Waals surface area contributed by atoms with Crippen molar-refractivity contribution < 1.29 is 9.18 Å². The lowest BCUT2D eigenvalue weighted by Crippen LogP contribution is -2.49. The number of amides is 1. The Balaban J connectivity index is 1.59. The van der Waals surface area contributed by atoms with E-state index in [-0.39, 0.29) is 18.1 Å². The number of piperazine rings is 1. The summed E-state index contributed by atoms with van der Waals surface area (Å²) >= 11 is 0. The number of hydrogen-bond acceptors (Lipinski definition) is 4. The first-order valence-corrected chi connectivity index (χ1v) is 8.11. The van der Waals surface area contributed by atoms with Gasteiger partial charge in [0.15, 0.2) is 5.82 Å². The topological polar surface area (TPSA) is 49.3 Å². The minimum Gasteiger partial charge on any atom is -0.352 e. The monoisotopic (exact) mass is 328 g/mol. The highest BCUT2D eigenvalue weighted by molar-refractivity contribution is 5.79. The maximum absolute atomic E-state index is 13.7. The van der Waals surface area contributed by atoms with Crippen LogP contribution in [0.25, 0.3) is 0 Å². The number of rotatable bonds is 3. The number of anilines is 1. The normalized spacial score (nSPS) is 14.8. The maximum atomic E-state index is 13.7. The van der Waals surface area contributed by atoms with Crippen LogP contribution in [0, 0.1) is 19.7 Å². The van der Waals surface area contributed by atoms with Crippen LogP contribution in [0.4, 0.5) is 10.2 Å². The van der Waals surface area contributed by atoms with E-state index in [1.807, 2.05) is 19.9 Å². The van der Waals surface area contributed by atoms with Crippen LogP contribution in [0.3, 0.4) is 0 Å². The molecule has 126 valence electrons. The average Bonchev–Trinajstić information content (AvgIpc) is 2.59. The standard InChI is InChI=1S/C18H21FN4O/c1-13-11-17(21-20-14(13)2)22-7-9-23(10-8-22)18(24)12-15-5-3-4-6-16(15)19/h3-6,11H,7-10,12H2,1-2H3. The first-order chi connectivity index (χ1) is 11.5. The lowest BCUT2D eigenvalue weighted by Gasteiger charge is -2.35. The molecule has 1 aliphatic heterocycles. The number of carbonyl (C=O) groups excluding carboxylic acids is 1. The van der Waals surface area contributed by atoms with Gasteiger partial charge in [-0.15, -0.1) is 5.10 Å². The Kier molecular flexibility index (Phi) is 4.74. The molecule has 1 aromatic heterocycles. The molecule has 1 aromatic carbocycles. The Hall–Kier alpha value is -2.50. The molecule has 0 unspecified atom stereocenters. The maximum Gasteiger partial charge on any atom is 0.227 e. The number of carbonyl (C=O) groups is 1. The van der Waals surface area contributed by atoms with Crippen molar-refractivity contribution in [3.8, 4) is 0 Å². The second-order valence-electron chi connectivity index (χ2n) is 6.11. The van der Waals surface area contributed by atoms with Crippen molar-refractivity contribution in [3.05, 3.63) is 53.0 Å². The van der Waals surface area contributed by atoms with Gasteiger partial charge in [-0.1, -0.05) is 18.2 Å². The molecule has 0 aliphatic carbocycles. The van der Waals surface area contributed by atoms with Crippen molar-refractivity contribution in [2.75, 3.05) is 31.1 Å². The van der Waals surface area contributed by atoms with E-state index in [1.165, 1.54) is 6.07 Å². The van der Waals surface area contributed by atoms with Gasteiger partial charge in [0.05, 0.1) is 12.1 Å². The lowest BCUT2D eigenvalue weighted by molar-refractivity contribution is -0.130. The van der Waals surface area contributed by atoms with E-state index in [0.29, 0.717) is 31.7 Å². The Morgan fingerprint density at radius 1 is 1.12 bits per heavy atom. The summed E-state index contributed by atoms with van der Waals surface area (Å²) in [5.41, 5.74) is 2.49. The summed E-state index contributed by atoms with van der Waals surface area (Å²) in [6.07, 6.45) is 0.107. The molecule has 24 heavy (non-hydrogen) atoms. The van der Waals surface area contributed by atoms with Gasteiger partial charge >= 0.3 is 0 Å². The van der Waals surface area contributed by atoms with E-state index in [9.17, 15) is 9.18 Å². The van der Waals surface area contributed by atoms with Gasteiger partial charge in [-0.05, 0) is 37.1 Å². The number of benzene rings is 1. The van der Waals surface area contributed by atoms with Crippen molar-refractivity contribution in [2.24, 2.45) is 0 Å². The second kappa shape index (κ2) is 6.95. The molecule has 1 amide bonds. The molecule has 0 spiro atoms. The van der Waals surface area contributed by atoms with E-state index in [2.05, 4.69) is 15.1 Å². The van der Waals surface area contributed by atoms with Crippen molar-refractivity contribution in [3.63, 3.8) is 0 Å². The number of aromatic nitrogens is 2. The molecule has 2 aromatic rings. The fraction of sp³-hybridized carbons (Fsp3) is 0.389. The van der Waals surface area contributed by atoms with E-state index in [4.69, 9.17) is 0 Å². The Bertz CT molecular complexity index is 742. The molecule has 1 fully saturated rings. The molecule has 2 heterocycles. The summed E-state index contributed by atoms with van der Waals surface area (Å²) in [6.45, 7) is 6.59. The van der Waals surface area contributed by atoms with Crippen molar-refractivity contribution in [1.29, 1.82) is 0 Å². The van der Waals surface area contributed by atoms with Crippen LogP contribution in [-0.4, -0.2) is 47.2 Å². The highest BCUT2D eigenvalue weighted by Gasteiger charge is 2.23. The van der Waals surface area contributed by atoms with Gasteiger partial charge in [-0.25, -0.2) is 4.39 Å². The molecule has 0 bridgehead atoms. The van der Waals surface area contributed by atoms with Crippen LogP contribution in [0.2, 0.25) is 0 Å². The highest BCUT2D eigenvalue weighted by atomic mass is 19.1. The van der Waals surface area contributed by atoms with E-state index >= 15 is 0 Å². The molecular formula is C18H21FN4O. The van der Waals surface area contributed by atoms with Gasteiger partial charge in [0.1, 0.15) is 5.82 Å². The quantitative estimate of drug-likeness (QED) is 0.866. The van der Waals surface area contributed by atoms with Crippen LogP contribution in [0.1, 0.15) is 16.8 Å². The SMILES string of the molecule is Cc1cc(N2CCN(C(=O)Cc3ccccc3F)CC2)nnc1C. The molecule has 0 atom stereocenters. The Labute approximate surface area is 141 Å². The summed E-state index contributed by atoms with van der Waals surface area (Å²) in [5, 5.41) is 8.39. The van der Waals surface area contributed by atoms with Gasteiger partial charge in [-0.3, -0.25) is 4.79 Å². The number of halogens is 1. The molecule has 1 saturated heterocycles. The van der Waals surface area contributed by atoms with Gasteiger partial charge in [0, 0.05) is 26.2 Å². The first kappa shape index (κ1) is 16.4. The van der Waals surface area contributed by atoms with Crippen LogP contribution in [-0.2, 0) is 11.2 Å². The third kappa shape index (κ3) is 3.53. The summed E-state index contributed by atoms with van der Waals surface area (Å²) in [4.78, 5) is 16.3. The number of aryl methyl sites for hydroxylation is 2. The Morgan fingerprint density at radius 3 is 2.50 bits per heavy atom. The molecule has 3 rings (SSSR count). The zero-order valence-corrected chi connectivity index (χ0v) is 14.0. The van der Waals surface area contributed by atoms with Crippen LogP contribution < -0.4 is 4.90 Å². The molecule has 6 heteroatoms. The van der Waals surface area contributed by atoms with Crippen LogP contribution in [0.15, 0.2) is 30.3 Å². The number of nitrogens with zero attached hydrogens (tertiary/aromatic N) is 4. The van der Waals surface area contributed by atoms with Gasteiger partial charge in [0.2, 0.25) is 5.91 Å². The van der Waals surface area contributed by atoms with Gasteiger partial charge < -0.3 is 9.80 Å². The van der Waals surface area contributed by atoms with E-state index in [1.54, 1.807) is 23.1 Å². The summed E-state index contributed by atoms with van der Waals surface area (Å²) < 4.78 is 13.7. The van der Waals surface area contributed by atoms with Crippen LogP contribution in [0.5, 0.6) is 0 Å². The predicted molar refractivity (Wildman–Crippen MR) is 90.4 cm³/mol. The highest BCUT2D eigenvalue weighted by Crippen LogP contribution is 2.16. The largest absolute Gasteiger partial charge is 0.352 e. The average molecular weight is 328 g/mol. The first-order valence-electron chi connectivity index (χ1n) is 8.11. The van der Waals surface area contributed by atoms with Gasteiger partial charge in [0.25, 0.3) is 0 Å². The molecule has 1 aliphatic rings. The zero-order valence-electron chi connectivity index (χ0n) is 14.0. The van der Waals surface area contributed by atoms with Crippen molar-refractivity contribution in [1.82, 2.24) is 15.1 Å². The second-order valence-corrected chi connectivity index (χ2v) is 6.11. The van der Waals surface area contributed by atoms with Crippen molar-refractivity contribution >= 4 is 11.7 Å². The fourth-order valence-electron chi connectivity index (χ4n) is 2.79. The molecular weight excluding hydrogens is 307 g/mol. The smallest absolute Gasteiger partial charge is 0.227 e. The molecule has 0 N–H and O–H groups in total. The summed E-state index contributed by atoms with van der Waals surface area (Å²) in [7, 11) is 0. The fourth-order valence-corrected chi connectivity index (χ4v) is 2.79. The minimum atomic E-state index is -0.324. The zero-order chi connectivity index (χ0) is 17.1. The van der Waals surface area contributed by atoms with E-state index < -0.39 is 0 Å². The summed E-state index contributed by atoms with van der Waals surface area (Å²) in [6, 6.07) is 8.46. The van der Waals surface area contributed by atoms with Crippen molar-refractivity contribution in [2.45, 2.75) is 20.3 Å². The molecule has 0 radical (unpaired) electrons. The van der Waals surface area contributed by atoms with Gasteiger partial charge in [-0.2, -0.15) is 5.10 Å². The predicted octanol–water partition coefficient (Wildman–Crippen LogP) is 2.12. The third-order valence-electron chi connectivity index (χ3n) is 4.47. The Morgan fingerprint density at radius 2 is 1.83 bits per heavy atom. The third-order valence-corrected chi connectivity index (χ3v) is 4.47.